The molecule has 1 aliphatic heterocycles. The molecule has 0 amide bonds. The van der Waals surface area contributed by atoms with Crippen LogP contribution in [0.3, 0.4) is 0 Å². The number of dihydropyridines is 1. The van der Waals surface area contributed by atoms with Crippen LogP contribution in [-0.4, -0.2) is 5.66 Å². The SMILES string of the molecule is NC1=CC=CNC1(N)C1CCCCCC1. The maximum absolute atomic E-state index is 6.39. The molecule has 1 fully saturated rings. The molecule has 0 saturated heterocycles. The molecule has 1 atom stereocenters. The van der Waals surface area contributed by atoms with Gasteiger partial charge in [-0.3, -0.25) is 0 Å². The number of nitrogens with two attached hydrogens (primary N) is 2. The molecule has 2 rings (SSSR count). The van der Waals surface area contributed by atoms with Crippen LogP contribution in [0.25, 0.3) is 0 Å². The van der Waals surface area contributed by atoms with Gasteiger partial charge in [0.25, 0.3) is 0 Å². The van der Waals surface area contributed by atoms with Crippen molar-refractivity contribution in [1.82, 2.24) is 5.32 Å². The van der Waals surface area contributed by atoms with E-state index in [-0.39, 0.29) is 0 Å². The third-order valence-electron chi connectivity index (χ3n) is 3.67. The highest BCUT2D eigenvalue weighted by atomic mass is 15.1. The zero-order valence-electron chi connectivity index (χ0n) is 9.21. The minimum atomic E-state index is -0.501. The Labute approximate surface area is 91.6 Å². The molecule has 0 bridgehead atoms. The van der Waals surface area contributed by atoms with Crippen LogP contribution in [0.4, 0.5) is 0 Å². The average Bonchev–Trinajstić information content (AvgIpc) is 2.51. The number of rotatable bonds is 1. The minimum Gasteiger partial charge on any atom is -0.399 e. The van der Waals surface area contributed by atoms with Gasteiger partial charge in [0.2, 0.25) is 0 Å². The number of nitrogens with one attached hydrogen (secondary N) is 1. The van der Waals surface area contributed by atoms with E-state index < -0.39 is 5.66 Å². The highest BCUT2D eigenvalue weighted by Gasteiger charge is 2.37. The van der Waals surface area contributed by atoms with Crippen molar-refractivity contribution in [2.45, 2.75) is 44.2 Å². The van der Waals surface area contributed by atoms with E-state index in [9.17, 15) is 0 Å². The van der Waals surface area contributed by atoms with Crippen LogP contribution >= 0.6 is 0 Å². The summed E-state index contributed by atoms with van der Waals surface area (Å²) in [7, 11) is 0. The Morgan fingerprint density at radius 2 is 1.87 bits per heavy atom. The zero-order valence-corrected chi connectivity index (χ0v) is 9.21. The molecule has 0 radical (unpaired) electrons. The lowest BCUT2D eigenvalue weighted by molar-refractivity contribution is 0.251. The first-order valence-corrected chi connectivity index (χ1v) is 5.93. The van der Waals surface area contributed by atoms with Crippen LogP contribution in [0.2, 0.25) is 0 Å². The summed E-state index contributed by atoms with van der Waals surface area (Å²) >= 11 is 0. The molecule has 1 heterocycles. The van der Waals surface area contributed by atoms with Crippen LogP contribution in [-0.2, 0) is 0 Å². The van der Waals surface area contributed by atoms with E-state index in [0.717, 1.165) is 5.70 Å². The molecule has 84 valence electrons. The van der Waals surface area contributed by atoms with Crippen molar-refractivity contribution in [3.05, 3.63) is 24.0 Å². The van der Waals surface area contributed by atoms with Gasteiger partial charge in [-0.1, -0.05) is 25.7 Å². The van der Waals surface area contributed by atoms with Gasteiger partial charge in [0.05, 0.1) is 0 Å². The quantitative estimate of drug-likeness (QED) is 0.572. The van der Waals surface area contributed by atoms with Crippen LogP contribution in [0, 0.1) is 5.92 Å². The predicted molar refractivity (Wildman–Crippen MR) is 62.7 cm³/mol. The summed E-state index contributed by atoms with van der Waals surface area (Å²) in [5.41, 5.74) is 12.7. The van der Waals surface area contributed by atoms with Gasteiger partial charge in [0, 0.05) is 11.6 Å². The molecule has 1 saturated carbocycles. The van der Waals surface area contributed by atoms with E-state index in [1.807, 2.05) is 18.4 Å². The fraction of sp³-hybridized carbons (Fsp3) is 0.667. The zero-order chi connectivity index (χ0) is 10.7. The second-order valence-corrected chi connectivity index (χ2v) is 4.68. The van der Waals surface area contributed by atoms with Crippen molar-refractivity contribution < 1.29 is 0 Å². The Morgan fingerprint density at radius 1 is 1.20 bits per heavy atom. The van der Waals surface area contributed by atoms with Gasteiger partial charge in [-0.2, -0.15) is 0 Å². The monoisotopic (exact) mass is 207 g/mol. The minimum absolute atomic E-state index is 0.473. The molecule has 3 heteroatoms. The normalized spacial score (nSPS) is 33.0. The number of allylic oxidation sites excluding steroid dienone is 2. The standard InChI is InChI=1S/C12H21N3/c13-11-8-5-9-15-12(11,14)10-6-3-1-2-4-7-10/h5,8-10,15H,1-4,6-7,13-14H2. The number of hydrogen-bond donors (Lipinski definition) is 3. The molecule has 2 aliphatic rings. The lowest BCUT2D eigenvalue weighted by Crippen LogP contribution is -2.61. The summed E-state index contributed by atoms with van der Waals surface area (Å²) in [4.78, 5) is 0. The first kappa shape index (κ1) is 10.6. The highest BCUT2D eigenvalue weighted by molar-refractivity contribution is 5.27. The molecule has 0 aromatic carbocycles. The Morgan fingerprint density at radius 3 is 2.47 bits per heavy atom. The summed E-state index contributed by atoms with van der Waals surface area (Å²) < 4.78 is 0. The average molecular weight is 207 g/mol. The van der Waals surface area contributed by atoms with E-state index in [1.54, 1.807) is 0 Å². The molecule has 0 spiro atoms. The van der Waals surface area contributed by atoms with Gasteiger partial charge >= 0.3 is 0 Å². The topological polar surface area (TPSA) is 64.1 Å². The van der Waals surface area contributed by atoms with Crippen molar-refractivity contribution in [3.63, 3.8) is 0 Å². The predicted octanol–water partition coefficient (Wildman–Crippen LogP) is 1.57. The van der Waals surface area contributed by atoms with E-state index in [0.29, 0.717) is 5.92 Å². The molecular weight excluding hydrogens is 186 g/mol. The third-order valence-corrected chi connectivity index (χ3v) is 3.67. The molecular formula is C12H21N3. The smallest absolute Gasteiger partial charge is 0.129 e. The van der Waals surface area contributed by atoms with Crippen molar-refractivity contribution in [3.8, 4) is 0 Å². The molecule has 0 aromatic heterocycles. The molecule has 15 heavy (non-hydrogen) atoms. The van der Waals surface area contributed by atoms with Gasteiger partial charge in [-0.05, 0) is 31.2 Å². The van der Waals surface area contributed by atoms with Crippen LogP contribution in [0.5, 0.6) is 0 Å². The van der Waals surface area contributed by atoms with Crippen molar-refractivity contribution >= 4 is 0 Å². The summed E-state index contributed by atoms with van der Waals surface area (Å²) in [6, 6.07) is 0. The van der Waals surface area contributed by atoms with Crippen LogP contribution < -0.4 is 16.8 Å². The van der Waals surface area contributed by atoms with Crippen molar-refractivity contribution in [2.75, 3.05) is 0 Å². The van der Waals surface area contributed by atoms with Crippen LogP contribution in [0.1, 0.15) is 38.5 Å². The highest BCUT2D eigenvalue weighted by Crippen LogP contribution is 2.32. The summed E-state index contributed by atoms with van der Waals surface area (Å²) in [6.07, 6.45) is 13.3. The first-order valence-electron chi connectivity index (χ1n) is 5.93. The second-order valence-electron chi connectivity index (χ2n) is 4.68. The second kappa shape index (κ2) is 4.27. The molecule has 3 nitrogen and oxygen atoms in total. The largest absolute Gasteiger partial charge is 0.399 e. The Bertz CT molecular complexity index is 275. The number of hydrogen-bond acceptors (Lipinski definition) is 3. The van der Waals surface area contributed by atoms with Gasteiger partial charge in [0.1, 0.15) is 5.66 Å². The molecule has 1 unspecified atom stereocenters. The van der Waals surface area contributed by atoms with Crippen molar-refractivity contribution in [2.24, 2.45) is 17.4 Å². The van der Waals surface area contributed by atoms with Gasteiger partial charge in [-0.15, -0.1) is 0 Å². The summed E-state index contributed by atoms with van der Waals surface area (Å²) in [5.74, 6) is 0.473. The van der Waals surface area contributed by atoms with Gasteiger partial charge in [0.15, 0.2) is 0 Å². The van der Waals surface area contributed by atoms with E-state index >= 15 is 0 Å². The van der Waals surface area contributed by atoms with E-state index in [4.69, 9.17) is 11.5 Å². The fourth-order valence-electron chi connectivity index (χ4n) is 2.65. The Hall–Kier alpha value is -0.960. The third kappa shape index (κ3) is 2.02. The van der Waals surface area contributed by atoms with E-state index in [2.05, 4.69) is 5.32 Å². The molecule has 1 aliphatic carbocycles. The van der Waals surface area contributed by atoms with Crippen LogP contribution in [0.15, 0.2) is 24.0 Å². The van der Waals surface area contributed by atoms with E-state index in [1.165, 1.54) is 38.5 Å². The summed E-state index contributed by atoms with van der Waals surface area (Å²) in [6.45, 7) is 0. The Balaban J connectivity index is 2.13. The summed E-state index contributed by atoms with van der Waals surface area (Å²) in [5, 5.41) is 3.25. The lowest BCUT2D eigenvalue weighted by atomic mass is 9.83. The van der Waals surface area contributed by atoms with Gasteiger partial charge < -0.3 is 16.8 Å². The fourth-order valence-corrected chi connectivity index (χ4v) is 2.65. The maximum Gasteiger partial charge on any atom is 0.129 e. The van der Waals surface area contributed by atoms with Gasteiger partial charge in [-0.25, -0.2) is 0 Å². The van der Waals surface area contributed by atoms with Crippen molar-refractivity contribution in [1.29, 1.82) is 0 Å². The maximum atomic E-state index is 6.39. The first-order chi connectivity index (χ1) is 7.23. The Kier molecular flexibility index (Phi) is 3.00. The molecule has 0 aromatic rings. The molecule has 5 N–H and O–H groups in total. The lowest BCUT2D eigenvalue weighted by Gasteiger charge is -2.39.